The highest BCUT2D eigenvalue weighted by atomic mass is 16.6. The Morgan fingerprint density at radius 1 is 1.15 bits per heavy atom. The van der Waals surface area contributed by atoms with Crippen LogP contribution in [0.25, 0.3) is 5.57 Å². The second kappa shape index (κ2) is 5.91. The van der Waals surface area contributed by atoms with Gasteiger partial charge in [0.15, 0.2) is 0 Å². The number of benzene rings is 1. The highest BCUT2D eigenvalue weighted by molar-refractivity contribution is 5.96. The van der Waals surface area contributed by atoms with E-state index in [1.54, 1.807) is 6.92 Å². The fraction of sp³-hybridized carbons (Fsp3) is 0.250. The number of carbonyl (C=O) groups is 1. The van der Waals surface area contributed by atoms with Crippen LogP contribution < -0.4 is 0 Å². The molecule has 8 heteroatoms. The van der Waals surface area contributed by atoms with Crippen molar-refractivity contribution < 1.29 is 19.7 Å². The van der Waals surface area contributed by atoms with Crippen LogP contribution in [0, 0.1) is 20.2 Å². The number of allylic oxidation sites excluding steroid dienone is 1. The van der Waals surface area contributed by atoms with E-state index < -0.39 is 27.2 Å². The molecule has 1 rings (SSSR count). The van der Waals surface area contributed by atoms with Gasteiger partial charge in [0.1, 0.15) is 0 Å². The van der Waals surface area contributed by atoms with Gasteiger partial charge in [-0.25, -0.2) is 4.79 Å². The van der Waals surface area contributed by atoms with E-state index in [4.69, 9.17) is 5.11 Å². The summed E-state index contributed by atoms with van der Waals surface area (Å²) < 4.78 is 0. The van der Waals surface area contributed by atoms with Gasteiger partial charge in [-0.05, 0) is 24.5 Å². The van der Waals surface area contributed by atoms with Crippen LogP contribution in [0.2, 0.25) is 0 Å². The van der Waals surface area contributed by atoms with E-state index in [1.807, 2.05) is 0 Å². The lowest BCUT2D eigenvalue weighted by molar-refractivity contribution is -0.394. The molecule has 20 heavy (non-hydrogen) atoms. The van der Waals surface area contributed by atoms with E-state index in [1.165, 1.54) is 6.92 Å². The van der Waals surface area contributed by atoms with Crippen molar-refractivity contribution in [2.75, 3.05) is 0 Å². The second-order valence-electron chi connectivity index (χ2n) is 4.01. The lowest BCUT2D eigenvalue weighted by Crippen LogP contribution is -2.02. The Morgan fingerprint density at radius 2 is 1.60 bits per heavy atom. The van der Waals surface area contributed by atoms with E-state index >= 15 is 0 Å². The van der Waals surface area contributed by atoms with Gasteiger partial charge < -0.3 is 5.11 Å². The molecule has 0 aliphatic heterocycles. The third kappa shape index (κ3) is 3.16. The number of nitro groups is 2. The first kappa shape index (κ1) is 15.3. The Kier molecular flexibility index (Phi) is 4.52. The SMILES string of the molecule is CC/C(=C(/C)C(=O)O)c1cc([N+](=O)[O-])cc([N+](=O)[O-])c1. The molecule has 0 fully saturated rings. The normalized spacial score (nSPS) is 11.7. The second-order valence-corrected chi connectivity index (χ2v) is 4.01. The molecule has 0 bridgehead atoms. The fourth-order valence-corrected chi connectivity index (χ4v) is 1.80. The summed E-state index contributed by atoms with van der Waals surface area (Å²) in [7, 11) is 0. The highest BCUT2D eigenvalue weighted by Crippen LogP contribution is 2.30. The van der Waals surface area contributed by atoms with Gasteiger partial charge in [0.2, 0.25) is 0 Å². The molecule has 0 atom stereocenters. The van der Waals surface area contributed by atoms with E-state index in [0.29, 0.717) is 5.57 Å². The van der Waals surface area contributed by atoms with Gasteiger partial charge >= 0.3 is 5.97 Å². The number of hydrogen-bond donors (Lipinski definition) is 1. The number of hydrogen-bond acceptors (Lipinski definition) is 5. The minimum Gasteiger partial charge on any atom is -0.478 e. The third-order valence-electron chi connectivity index (χ3n) is 2.80. The number of aliphatic carboxylic acids is 1. The minimum absolute atomic E-state index is 0.00213. The molecule has 0 heterocycles. The molecule has 0 aliphatic rings. The number of nitro benzene ring substituents is 2. The van der Waals surface area contributed by atoms with Gasteiger partial charge in [-0.2, -0.15) is 0 Å². The van der Waals surface area contributed by atoms with Crippen LogP contribution in [-0.2, 0) is 4.79 Å². The molecule has 0 aliphatic carbocycles. The van der Waals surface area contributed by atoms with E-state index in [-0.39, 0.29) is 17.6 Å². The summed E-state index contributed by atoms with van der Waals surface area (Å²) in [4.78, 5) is 31.1. The molecule has 0 aromatic heterocycles. The molecule has 1 aromatic carbocycles. The van der Waals surface area contributed by atoms with Crippen molar-refractivity contribution in [2.24, 2.45) is 0 Å². The maximum Gasteiger partial charge on any atom is 0.331 e. The van der Waals surface area contributed by atoms with Gasteiger partial charge in [-0.15, -0.1) is 0 Å². The first-order valence-electron chi connectivity index (χ1n) is 5.65. The third-order valence-corrected chi connectivity index (χ3v) is 2.80. The molecule has 0 unspecified atom stereocenters. The van der Waals surface area contributed by atoms with Crippen LogP contribution in [0.1, 0.15) is 25.8 Å². The standard InChI is InChI=1S/C12H12N2O6/c1-3-11(7(2)12(15)16)8-4-9(13(17)18)6-10(5-8)14(19)20/h4-6H,3H2,1-2H3,(H,15,16)/b11-7+. The topological polar surface area (TPSA) is 124 Å². The van der Waals surface area contributed by atoms with Crippen LogP contribution in [0.5, 0.6) is 0 Å². The molecular formula is C12H12N2O6. The zero-order chi connectivity index (χ0) is 15.4. The number of carboxylic acids is 1. The van der Waals surface area contributed by atoms with E-state index in [2.05, 4.69) is 0 Å². The van der Waals surface area contributed by atoms with Crippen LogP contribution in [0.15, 0.2) is 23.8 Å². The zero-order valence-electron chi connectivity index (χ0n) is 10.8. The first-order valence-corrected chi connectivity index (χ1v) is 5.65. The first-order chi connectivity index (χ1) is 9.27. The summed E-state index contributed by atoms with van der Waals surface area (Å²) in [5.41, 5.74) is -0.392. The Morgan fingerprint density at radius 3 is 1.90 bits per heavy atom. The zero-order valence-corrected chi connectivity index (χ0v) is 10.8. The lowest BCUT2D eigenvalue weighted by Gasteiger charge is -2.08. The number of rotatable bonds is 5. The number of non-ortho nitro benzene ring substituents is 2. The van der Waals surface area contributed by atoms with Crippen LogP contribution in [-0.4, -0.2) is 20.9 Å². The van der Waals surface area contributed by atoms with Crippen molar-refractivity contribution in [3.05, 3.63) is 49.6 Å². The van der Waals surface area contributed by atoms with Gasteiger partial charge in [0.05, 0.1) is 15.9 Å². The summed E-state index contributed by atoms with van der Waals surface area (Å²) >= 11 is 0. The Balaban J connectivity index is 3.58. The number of carboxylic acid groups (broad SMARTS) is 1. The van der Waals surface area contributed by atoms with Gasteiger partial charge in [0, 0.05) is 17.7 Å². The van der Waals surface area contributed by atoms with Crippen molar-refractivity contribution in [2.45, 2.75) is 20.3 Å². The lowest BCUT2D eigenvalue weighted by atomic mass is 9.97. The summed E-state index contributed by atoms with van der Waals surface area (Å²) in [6.45, 7) is 3.03. The molecule has 0 spiro atoms. The maximum atomic E-state index is 11.0. The number of nitrogens with zero attached hydrogens (tertiary/aromatic N) is 2. The predicted octanol–water partition coefficient (Wildman–Crippen LogP) is 2.77. The fourth-order valence-electron chi connectivity index (χ4n) is 1.80. The quantitative estimate of drug-likeness (QED) is 0.502. The van der Waals surface area contributed by atoms with Crippen molar-refractivity contribution in [1.82, 2.24) is 0 Å². The Bertz CT molecular complexity index is 588. The summed E-state index contributed by atoms with van der Waals surface area (Å²) in [6.07, 6.45) is 0.288. The van der Waals surface area contributed by atoms with Crippen LogP contribution in [0.4, 0.5) is 11.4 Å². The van der Waals surface area contributed by atoms with Gasteiger partial charge in [0.25, 0.3) is 11.4 Å². The molecule has 106 valence electrons. The largest absolute Gasteiger partial charge is 0.478 e. The molecule has 1 aromatic rings. The summed E-state index contributed by atoms with van der Waals surface area (Å²) in [5.74, 6) is -1.17. The van der Waals surface area contributed by atoms with E-state index in [9.17, 15) is 25.0 Å². The van der Waals surface area contributed by atoms with Crippen molar-refractivity contribution >= 4 is 22.9 Å². The Hall–Kier alpha value is -2.77. The molecule has 0 amide bonds. The van der Waals surface area contributed by atoms with Gasteiger partial charge in [-0.1, -0.05) is 6.92 Å². The average molecular weight is 280 g/mol. The molecule has 0 radical (unpaired) electrons. The predicted molar refractivity (Wildman–Crippen MR) is 70.3 cm³/mol. The monoisotopic (exact) mass is 280 g/mol. The molecular weight excluding hydrogens is 268 g/mol. The van der Waals surface area contributed by atoms with E-state index in [0.717, 1.165) is 18.2 Å². The van der Waals surface area contributed by atoms with Crippen LogP contribution >= 0.6 is 0 Å². The molecule has 1 N–H and O–H groups in total. The van der Waals surface area contributed by atoms with Crippen molar-refractivity contribution in [3.63, 3.8) is 0 Å². The Labute approximate surface area is 113 Å². The molecule has 8 nitrogen and oxygen atoms in total. The molecule has 0 saturated heterocycles. The van der Waals surface area contributed by atoms with Crippen molar-refractivity contribution in [1.29, 1.82) is 0 Å². The van der Waals surface area contributed by atoms with Crippen molar-refractivity contribution in [3.8, 4) is 0 Å². The average Bonchev–Trinajstić information content (AvgIpc) is 2.38. The van der Waals surface area contributed by atoms with Crippen LogP contribution in [0.3, 0.4) is 0 Å². The highest BCUT2D eigenvalue weighted by Gasteiger charge is 2.19. The summed E-state index contributed by atoms with van der Waals surface area (Å²) in [6, 6.07) is 3.11. The smallest absolute Gasteiger partial charge is 0.331 e. The van der Waals surface area contributed by atoms with Gasteiger partial charge in [-0.3, -0.25) is 20.2 Å². The maximum absolute atomic E-state index is 11.0. The molecule has 0 saturated carbocycles. The summed E-state index contributed by atoms with van der Waals surface area (Å²) in [5, 5.41) is 30.6. The minimum atomic E-state index is -1.17.